The van der Waals surface area contributed by atoms with Gasteiger partial charge in [0, 0.05) is 12.8 Å². The third-order valence-corrected chi connectivity index (χ3v) is 6.92. The topological polar surface area (TPSA) is 86.6 Å². The highest BCUT2D eigenvalue weighted by Gasteiger charge is 1.99. The van der Waals surface area contributed by atoms with Crippen LogP contribution in [0.3, 0.4) is 0 Å². The van der Waals surface area contributed by atoms with E-state index in [1.54, 1.807) is 5.48 Å². The lowest BCUT2D eigenvalue weighted by atomic mass is 10.0. The SMILES string of the molecule is O=C(O)CCCCCCCCCCCCCCCCCCCCCCCCCCCC(=O)NO. The zero-order chi connectivity index (χ0) is 25.0. The fourth-order valence-corrected chi connectivity index (χ4v) is 4.68. The zero-order valence-corrected chi connectivity index (χ0v) is 22.3. The van der Waals surface area contributed by atoms with Gasteiger partial charge in [-0.25, -0.2) is 5.48 Å². The number of unbranched alkanes of at least 4 members (excludes halogenated alkanes) is 24. The fraction of sp³-hybridized carbons (Fsp3) is 0.931. The predicted molar refractivity (Wildman–Crippen MR) is 142 cm³/mol. The molecule has 0 aromatic carbocycles. The van der Waals surface area contributed by atoms with Gasteiger partial charge >= 0.3 is 5.97 Å². The Hall–Kier alpha value is -1.10. The van der Waals surface area contributed by atoms with Crippen LogP contribution in [0.5, 0.6) is 0 Å². The van der Waals surface area contributed by atoms with Crippen LogP contribution in [0.15, 0.2) is 0 Å². The van der Waals surface area contributed by atoms with Gasteiger partial charge in [0.1, 0.15) is 0 Å². The van der Waals surface area contributed by atoms with Crippen molar-refractivity contribution in [3.63, 3.8) is 0 Å². The first-order valence-corrected chi connectivity index (χ1v) is 14.8. The van der Waals surface area contributed by atoms with E-state index >= 15 is 0 Å². The highest BCUT2D eigenvalue weighted by molar-refractivity contribution is 5.74. The largest absolute Gasteiger partial charge is 0.481 e. The first kappa shape index (κ1) is 32.9. The number of carbonyl (C=O) groups is 2. The summed E-state index contributed by atoms with van der Waals surface area (Å²) in [6.45, 7) is 0. The molecule has 202 valence electrons. The average Bonchev–Trinajstić information content (AvgIpc) is 2.83. The number of amides is 1. The van der Waals surface area contributed by atoms with Crippen LogP contribution in [0.2, 0.25) is 0 Å². The minimum atomic E-state index is -0.660. The molecule has 0 aromatic heterocycles. The number of nitrogens with one attached hydrogen (secondary N) is 1. The summed E-state index contributed by atoms with van der Waals surface area (Å²) in [5.74, 6) is -0.925. The second-order valence-corrected chi connectivity index (χ2v) is 10.3. The maximum absolute atomic E-state index is 10.9. The van der Waals surface area contributed by atoms with Crippen molar-refractivity contribution in [2.75, 3.05) is 0 Å². The van der Waals surface area contributed by atoms with E-state index in [4.69, 9.17) is 10.3 Å². The van der Waals surface area contributed by atoms with E-state index in [1.165, 1.54) is 135 Å². The highest BCUT2D eigenvalue weighted by Crippen LogP contribution is 2.16. The minimum absolute atomic E-state index is 0.266. The van der Waals surface area contributed by atoms with Gasteiger partial charge < -0.3 is 5.11 Å². The molecule has 0 aliphatic carbocycles. The molecule has 3 N–H and O–H groups in total. The van der Waals surface area contributed by atoms with Crippen LogP contribution in [0.1, 0.15) is 173 Å². The van der Waals surface area contributed by atoms with Gasteiger partial charge in [-0.3, -0.25) is 14.8 Å². The molecule has 1 amide bonds. The summed E-state index contributed by atoms with van der Waals surface area (Å²) < 4.78 is 0. The maximum Gasteiger partial charge on any atom is 0.303 e. The number of carboxylic acid groups (broad SMARTS) is 1. The summed E-state index contributed by atoms with van der Waals surface area (Å²) in [4.78, 5) is 21.3. The molecule has 0 heterocycles. The van der Waals surface area contributed by atoms with E-state index in [9.17, 15) is 9.59 Å². The number of hydroxylamine groups is 1. The second kappa shape index (κ2) is 28.1. The van der Waals surface area contributed by atoms with Crippen molar-refractivity contribution in [2.45, 2.75) is 173 Å². The molecule has 0 aliphatic rings. The number of carboxylic acids is 1. The van der Waals surface area contributed by atoms with Crippen molar-refractivity contribution in [1.82, 2.24) is 5.48 Å². The Morgan fingerprint density at radius 1 is 0.382 bits per heavy atom. The van der Waals surface area contributed by atoms with Gasteiger partial charge in [0.25, 0.3) is 0 Å². The van der Waals surface area contributed by atoms with Gasteiger partial charge in [0.15, 0.2) is 0 Å². The van der Waals surface area contributed by atoms with Crippen molar-refractivity contribution in [3.05, 3.63) is 0 Å². The fourth-order valence-electron chi connectivity index (χ4n) is 4.68. The molecule has 0 aromatic rings. The van der Waals surface area contributed by atoms with Gasteiger partial charge in [-0.15, -0.1) is 0 Å². The molecule has 0 fully saturated rings. The third-order valence-electron chi connectivity index (χ3n) is 6.92. The summed E-state index contributed by atoms with van der Waals surface area (Å²) in [7, 11) is 0. The van der Waals surface area contributed by atoms with Gasteiger partial charge in [0.2, 0.25) is 5.91 Å². The molecule has 0 saturated carbocycles. The Bertz CT molecular complexity index is 442. The summed E-state index contributed by atoms with van der Waals surface area (Å²) in [6.07, 6.45) is 33.2. The van der Waals surface area contributed by atoms with E-state index in [2.05, 4.69) is 0 Å². The monoisotopic (exact) mass is 483 g/mol. The first-order valence-electron chi connectivity index (χ1n) is 14.8. The molecule has 0 unspecified atom stereocenters. The summed E-state index contributed by atoms with van der Waals surface area (Å²) >= 11 is 0. The molecule has 34 heavy (non-hydrogen) atoms. The second-order valence-electron chi connectivity index (χ2n) is 10.3. The van der Waals surface area contributed by atoms with Gasteiger partial charge in [-0.2, -0.15) is 0 Å². The maximum atomic E-state index is 10.9. The Morgan fingerprint density at radius 3 is 0.794 bits per heavy atom. The molecule has 0 rings (SSSR count). The molecular formula is C29H57NO4. The molecule has 0 atom stereocenters. The zero-order valence-electron chi connectivity index (χ0n) is 22.3. The third kappa shape index (κ3) is 28.9. The van der Waals surface area contributed by atoms with E-state index in [-0.39, 0.29) is 5.91 Å². The van der Waals surface area contributed by atoms with Crippen LogP contribution in [0.4, 0.5) is 0 Å². The van der Waals surface area contributed by atoms with Crippen molar-refractivity contribution in [2.24, 2.45) is 0 Å². The number of carbonyl (C=O) groups excluding carboxylic acids is 1. The first-order chi connectivity index (χ1) is 16.7. The van der Waals surface area contributed by atoms with Crippen LogP contribution in [-0.2, 0) is 9.59 Å². The van der Waals surface area contributed by atoms with Crippen LogP contribution in [0, 0.1) is 0 Å². The van der Waals surface area contributed by atoms with Crippen molar-refractivity contribution >= 4 is 11.9 Å². The molecule has 5 heteroatoms. The molecule has 0 spiro atoms. The Kier molecular flexibility index (Phi) is 27.2. The van der Waals surface area contributed by atoms with Crippen molar-refractivity contribution in [3.8, 4) is 0 Å². The van der Waals surface area contributed by atoms with Crippen LogP contribution >= 0.6 is 0 Å². The van der Waals surface area contributed by atoms with E-state index in [1.807, 2.05) is 0 Å². The van der Waals surface area contributed by atoms with Gasteiger partial charge in [-0.05, 0) is 12.8 Å². The molecule has 5 nitrogen and oxygen atoms in total. The average molecular weight is 484 g/mol. The summed E-state index contributed by atoms with van der Waals surface area (Å²) in [6, 6.07) is 0. The smallest absolute Gasteiger partial charge is 0.303 e. The van der Waals surface area contributed by atoms with Gasteiger partial charge in [0.05, 0.1) is 0 Å². The van der Waals surface area contributed by atoms with E-state index in [0.29, 0.717) is 12.8 Å². The molecular weight excluding hydrogens is 426 g/mol. The number of hydrogen-bond donors (Lipinski definition) is 3. The lowest BCUT2D eigenvalue weighted by Gasteiger charge is -2.04. The highest BCUT2D eigenvalue weighted by atomic mass is 16.5. The van der Waals surface area contributed by atoms with Crippen molar-refractivity contribution < 1.29 is 19.9 Å². The molecule has 0 aliphatic heterocycles. The Labute approximate surface area is 210 Å². The molecule has 0 bridgehead atoms. The van der Waals surface area contributed by atoms with Crippen LogP contribution in [-0.4, -0.2) is 22.2 Å². The number of rotatable bonds is 28. The number of hydrogen-bond acceptors (Lipinski definition) is 3. The lowest BCUT2D eigenvalue weighted by molar-refractivity contribution is -0.137. The van der Waals surface area contributed by atoms with Gasteiger partial charge in [-0.1, -0.05) is 148 Å². The van der Waals surface area contributed by atoms with Crippen molar-refractivity contribution in [1.29, 1.82) is 0 Å². The normalized spacial score (nSPS) is 11.1. The molecule has 0 radical (unpaired) electrons. The lowest BCUT2D eigenvalue weighted by Crippen LogP contribution is -2.17. The predicted octanol–water partition coefficient (Wildman–Crippen LogP) is 9.11. The molecule has 0 saturated heterocycles. The number of aliphatic carboxylic acids is 1. The minimum Gasteiger partial charge on any atom is -0.481 e. The quantitative estimate of drug-likeness (QED) is 0.0588. The summed E-state index contributed by atoms with van der Waals surface area (Å²) in [5, 5.41) is 17.0. The van der Waals surface area contributed by atoms with E-state index < -0.39 is 5.97 Å². The van der Waals surface area contributed by atoms with Crippen LogP contribution in [0.25, 0.3) is 0 Å². The summed E-state index contributed by atoms with van der Waals surface area (Å²) in [5.41, 5.74) is 1.69. The standard InChI is InChI=1S/C29H57NO4/c31-28(30-34)26-24-22-20-18-16-14-12-10-8-6-4-2-1-3-5-7-9-11-13-15-17-19-21-23-25-27-29(32)33/h34H,1-27H2,(H,30,31)(H,32,33). The van der Waals surface area contributed by atoms with Crippen LogP contribution < -0.4 is 5.48 Å². The van der Waals surface area contributed by atoms with E-state index in [0.717, 1.165) is 25.7 Å². The Morgan fingerprint density at radius 2 is 0.588 bits per heavy atom. The Balaban J connectivity index is 3.04.